The van der Waals surface area contributed by atoms with E-state index < -0.39 is 0 Å². The van der Waals surface area contributed by atoms with E-state index in [1.165, 1.54) is 17.7 Å². The minimum absolute atomic E-state index is 0.0871. The van der Waals surface area contributed by atoms with Gasteiger partial charge >= 0.3 is 6.03 Å². The lowest BCUT2D eigenvalue weighted by molar-refractivity contribution is -0.115. The summed E-state index contributed by atoms with van der Waals surface area (Å²) in [6.07, 6.45) is 2.53. The predicted octanol–water partition coefficient (Wildman–Crippen LogP) is 0.995. The van der Waals surface area contributed by atoms with Gasteiger partial charge in [-0.05, 0) is 30.5 Å². The van der Waals surface area contributed by atoms with Crippen molar-refractivity contribution in [3.63, 3.8) is 0 Å². The Bertz CT molecular complexity index is 464. The van der Waals surface area contributed by atoms with E-state index >= 15 is 0 Å². The van der Waals surface area contributed by atoms with Gasteiger partial charge in [-0.2, -0.15) is 0 Å². The van der Waals surface area contributed by atoms with E-state index in [2.05, 4.69) is 10.6 Å². The number of amides is 3. The summed E-state index contributed by atoms with van der Waals surface area (Å²) < 4.78 is 0. The van der Waals surface area contributed by atoms with E-state index in [0.717, 1.165) is 12.1 Å². The third-order valence-corrected chi connectivity index (χ3v) is 3.21. The maximum absolute atomic E-state index is 11.5. The number of imide groups is 1. The molecule has 2 fully saturated rings. The van der Waals surface area contributed by atoms with Crippen LogP contribution >= 0.6 is 0 Å². The van der Waals surface area contributed by atoms with E-state index in [0.29, 0.717) is 11.7 Å². The molecule has 0 unspecified atom stereocenters. The number of nitrogens with zero attached hydrogens (tertiary/aromatic N) is 1. The van der Waals surface area contributed by atoms with Crippen LogP contribution in [0.1, 0.15) is 18.4 Å². The van der Waals surface area contributed by atoms with E-state index in [1.54, 1.807) is 0 Å². The van der Waals surface area contributed by atoms with Gasteiger partial charge in [0.2, 0.25) is 0 Å². The van der Waals surface area contributed by atoms with Crippen molar-refractivity contribution in [2.45, 2.75) is 25.4 Å². The highest BCUT2D eigenvalue weighted by Gasteiger charge is 2.29. The second-order valence-corrected chi connectivity index (χ2v) is 4.71. The molecule has 1 heterocycles. The summed E-state index contributed by atoms with van der Waals surface area (Å²) in [6.45, 7) is 0.926. The number of carbonyl (C=O) groups excluding carboxylic acids is 2. The first kappa shape index (κ1) is 11.2. The van der Waals surface area contributed by atoms with Crippen molar-refractivity contribution in [3.8, 4) is 0 Å². The van der Waals surface area contributed by atoms with Gasteiger partial charge in [0.05, 0.1) is 12.2 Å². The third-order valence-electron chi connectivity index (χ3n) is 3.21. The fourth-order valence-electron chi connectivity index (χ4n) is 2.00. The molecule has 2 aliphatic rings. The smallest absolute Gasteiger partial charge is 0.328 e. The first-order valence-corrected chi connectivity index (χ1v) is 6.17. The van der Waals surface area contributed by atoms with Crippen LogP contribution in [0.4, 0.5) is 10.5 Å². The lowest BCUT2D eigenvalue weighted by Gasteiger charge is -2.13. The van der Waals surface area contributed by atoms with E-state index in [-0.39, 0.29) is 18.5 Å². The SMILES string of the molecule is O=C1CNC(=O)N1c1ccc(CNC2CC2)cc1. The zero-order valence-electron chi connectivity index (χ0n) is 9.98. The topological polar surface area (TPSA) is 61.4 Å². The van der Waals surface area contributed by atoms with E-state index in [4.69, 9.17) is 0 Å². The van der Waals surface area contributed by atoms with Crippen LogP contribution in [0.2, 0.25) is 0 Å². The molecular weight excluding hydrogens is 230 g/mol. The molecule has 1 saturated carbocycles. The summed E-state index contributed by atoms with van der Waals surface area (Å²) in [5.74, 6) is -0.205. The van der Waals surface area contributed by atoms with Gasteiger partial charge in [-0.15, -0.1) is 0 Å². The molecule has 5 nitrogen and oxygen atoms in total. The fraction of sp³-hybridized carbons (Fsp3) is 0.385. The lowest BCUT2D eigenvalue weighted by atomic mass is 10.2. The maximum atomic E-state index is 11.5. The third kappa shape index (κ3) is 2.22. The first-order valence-electron chi connectivity index (χ1n) is 6.17. The van der Waals surface area contributed by atoms with Crippen molar-refractivity contribution in [3.05, 3.63) is 29.8 Å². The van der Waals surface area contributed by atoms with Gasteiger partial charge in [0.1, 0.15) is 0 Å². The van der Waals surface area contributed by atoms with Gasteiger partial charge in [-0.25, -0.2) is 9.69 Å². The summed E-state index contributed by atoms with van der Waals surface area (Å²) in [7, 11) is 0. The zero-order chi connectivity index (χ0) is 12.5. The molecule has 2 N–H and O–H groups in total. The lowest BCUT2D eigenvalue weighted by Crippen LogP contribution is -2.30. The highest BCUT2D eigenvalue weighted by Crippen LogP contribution is 2.21. The Labute approximate surface area is 105 Å². The van der Waals surface area contributed by atoms with Gasteiger partial charge in [0.15, 0.2) is 0 Å². The number of rotatable bonds is 4. The van der Waals surface area contributed by atoms with Crippen molar-refractivity contribution < 1.29 is 9.59 Å². The Balaban J connectivity index is 1.69. The molecule has 1 aromatic rings. The molecule has 1 saturated heterocycles. The van der Waals surface area contributed by atoms with Crippen LogP contribution in [0.25, 0.3) is 0 Å². The highest BCUT2D eigenvalue weighted by atomic mass is 16.2. The van der Waals surface area contributed by atoms with Gasteiger partial charge in [-0.3, -0.25) is 4.79 Å². The Morgan fingerprint density at radius 1 is 1.22 bits per heavy atom. The van der Waals surface area contributed by atoms with Crippen LogP contribution in [-0.4, -0.2) is 24.5 Å². The van der Waals surface area contributed by atoms with Gasteiger partial charge in [0, 0.05) is 12.6 Å². The molecule has 3 amide bonds. The van der Waals surface area contributed by atoms with Crippen LogP contribution in [0.5, 0.6) is 0 Å². The van der Waals surface area contributed by atoms with Crippen LogP contribution in [0, 0.1) is 0 Å². The van der Waals surface area contributed by atoms with Crippen molar-refractivity contribution in [1.82, 2.24) is 10.6 Å². The van der Waals surface area contributed by atoms with Crippen LogP contribution in [0.3, 0.4) is 0 Å². The Morgan fingerprint density at radius 3 is 2.50 bits per heavy atom. The van der Waals surface area contributed by atoms with Gasteiger partial charge in [-0.1, -0.05) is 12.1 Å². The molecule has 0 radical (unpaired) electrons. The highest BCUT2D eigenvalue weighted by molar-refractivity contribution is 6.19. The Hall–Kier alpha value is -1.88. The normalized spacial score (nSPS) is 19.2. The number of nitrogens with one attached hydrogen (secondary N) is 2. The molecule has 1 aliphatic heterocycles. The second kappa shape index (κ2) is 4.42. The van der Waals surface area contributed by atoms with E-state index in [1.807, 2.05) is 24.3 Å². The molecule has 3 rings (SSSR count). The maximum Gasteiger partial charge on any atom is 0.329 e. The minimum atomic E-state index is -0.344. The zero-order valence-corrected chi connectivity index (χ0v) is 9.98. The second-order valence-electron chi connectivity index (χ2n) is 4.71. The van der Waals surface area contributed by atoms with Crippen molar-refractivity contribution in [2.24, 2.45) is 0 Å². The summed E-state index contributed by atoms with van der Waals surface area (Å²) in [5.41, 5.74) is 1.79. The molecule has 94 valence electrons. The monoisotopic (exact) mass is 245 g/mol. The predicted molar refractivity (Wildman–Crippen MR) is 67.2 cm³/mol. The molecule has 0 bridgehead atoms. The molecular formula is C13H15N3O2. The number of urea groups is 1. The molecule has 0 aromatic heterocycles. The van der Waals surface area contributed by atoms with E-state index in [9.17, 15) is 9.59 Å². The van der Waals surface area contributed by atoms with Crippen molar-refractivity contribution in [2.75, 3.05) is 11.4 Å². The quantitative estimate of drug-likeness (QED) is 0.778. The summed E-state index contributed by atoms with van der Waals surface area (Å²) in [4.78, 5) is 24.2. The van der Waals surface area contributed by atoms with Crippen LogP contribution < -0.4 is 15.5 Å². The number of anilines is 1. The van der Waals surface area contributed by atoms with Gasteiger partial charge < -0.3 is 10.6 Å². The number of hydrogen-bond acceptors (Lipinski definition) is 3. The molecule has 18 heavy (non-hydrogen) atoms. The van der Waals surface area contributed by atoms with Crippen molar-refractivity contribution >= 4 is 17.6 Å². The average Bonchev–Trinajstić information content (AvgIpc) is 3.14. The minimum Gasteiger partial charge on any atom is -0.328 e. The molecule has 0 spiro atoms. The van der Waals surface area contributed by atoms with Gasteiger partial charge in [0.25, 0.3) is 5.91 Å². The Kier molecular flexibility index (Phi) is 2.76. The molecule has 0 atom stereocenters. The number of hydrogen-bond donors (Lipinski definition) is 2. The van der Waals surface area contributed by atoms with Crippen LogP contribution in [0.15, 0.2) is 24.3 Å². The number of benzene rings is 1. The summed E-state index contributed by atoms with van der Waals surface area (Å²) in [5, 5.41) is 5.93. The Morgan fingerprint density at radius 2 is 1.94 bits per heavy atom. The summed E-state index contributed by atoms with van der Waals surface area (Å²) >= 11 is 0. The molecule has 1 aliphatic carbocycles. The standard InChI is InChI=1S/C13H15N3O2/c17-12-8-15-13(18)16(12)11-5-1-9(2-6-11)7-14-10-3-4-10/h1-2,5-6,10,14H,3-4,7-8H2,(H,15,18). The largest absolute Gasteiger partial charge is 0.329 e. The molecule has 5 heteroatoms. The number of carbonyl (C=O) groups is 2. The first-order chi connectivity index (χ1) is 8.74. The fourth-order valence-corrected chi connectivity index (χ4v) is 2.00. The van der Waals surface area contributed by atoms with Crippen LogP contribution in [-0.2, 0) is 11.3 Å². The van der Waals surface area contributed by atoms with Crippen molar-refractivity contribution in [1.29, 1.82) is 0 Å². The summed E-state index contributed by atoms with van der Waals surface area (Å²) in [6, 6.07) is 7.85. The molecule has 1 aromatic carbocycles. The average molecular weight is 245 g/mol.